The van der Waals surface area contributed by atoms with Crippen LogP contribution in [0.25, 0.3) is 0 Å². The highest BCUT2D eigenvalue weighted by Crippen LogP contribution is 2.33. The lowest BCUT2D eigenvalue weighted by Gasteiger charge is -2.27. The molecule has 1 atom stereocenters. The number of thioether (sulfide) groups is 1. The minimum Gasteiger partial charge on any atom is -0.496 e. The molecular weight excluding hydrogens is 472 g/mol. The summed E-state index contributed by atoms with van der Waals surface area (Å²) in [6, 6.07) is 8.23. The highest BCUT2D eigenvalue weighted by Gasteiger charge is 2.26. The number of sulfonamides is 1. The summed E-state index contributed by atoms with van der Waals surface area (Å²) in [5.41, 5.74) is 3.25. The Morgan fingerprint density at radius 1 is 1.12 bits per heavy atom. The summed E-state index contributed by atoms with van der Waals surface area (Å²) in [5, 5.41) is 0. The van der Waals surface area contributed by atoms with Gasteiger partial charge in [0.15, 0.2) is 0 Å². The SMILES string of the molecule is COc1cc(C)c([C@H](C)NS(=O)(=O)c2ccc(SC)c(C(=O)N3CCOCC3)c2)cc1C(C)C. The molecule has 7 nitrogen and oxygen atoms in total. The number of amides is 1. The zero-order chi connectivity index (χ0) is 25.0. The number of nitrogens with one attached hydrogen (secondary N) is 1. The molecule has 186 valence electrons. The van der Waals surface area contributed by atoms with Gasteiger partial charge in [0.25, 0.3) is 5.91 Å². The topological polar surface area (TPSA) is 84.9 Å². The number of aryl methyl sites for hydroxylation is 1. The van der Waals surface area contributed by atoms with Crippen LogP contribution in [-0.4, -0.2) is 58.9 Å². The molecule has 2 aromatic rings. The molecule has 0 unspecified atom stereocenters. The summed E-state index contributed by atoms with van der Waals surface area (Å²) >= 11 is 1.42. The van der Waals surface area contributed by atoms with E-state index in [9.17, 15) is 13.2 Å². The van der Waals surface area contributed by atoms with E-state index in [0.717, 1.165) is 27.3 Å². The summed E-state index contributed by atoms with van der Waals surface area (Å²) < 4.78 is 40.3. The second kappa shape index (κ2) is 11.1. The Hall–Kier alpha value is -2.07. The number of morpholine rings is 1. The van der Waals surface area contributed by atoms with Crippen molar-refractivity contribution in [2.24, 2.45) is 0 Å². The van der Waals surface area contributed by atoms with Crippen molar-refractivity contribution < 1.29 is 22.7 Å². The van der Waals surface area contributed by atoms with E-state index in [1.807, 2.05) is 32.2 Å². The molecule has 0 bridgehead atoms. The minimum atomic E-state index is -3.87. The Balaban J connectivity index is 1.92. The second-order valence-electron chi connectivity index (χ2n) is 8.72. The Bertz CT molecular complexity index is 1140. The maximum atomic E-state index is 13.3. The molecular formula is C25H34N2O5S2. The Morgan fingerprint density at radius 3 is 2.38 bits per heavy atom. The zero-order valence-corrected chi connectivity index (χ0v) is 22.3. The molecule has 0 saturated carbocycles. The smallest absolute Gasteiger partial charge is 0.255 e. The van der Waals surface area contributed by atoms with Crippen molar-refractivity contribution in [3.05, 3.63) is 52.6 Å². The normalized spacial score (nSPS) is 15.4. The molecule has 1 N–H and O–H groups in total. The number of carbonyl (C=O) groups is 1. The average Bonchev–Trinajstić information content (AvgIpc) is 2.82. The van der Waals surface area contributed by atoms with Gasteiger partial charge in [0, 0.05) is 24.0 Å². The van der Waals surface area contributed by atoms with Crippen molar-refractivity contribution in [1.82, 2.24) is 9.62 Å². The molecule has 0 aliphatic carbocycles. The van der Waals surface area contributed by atoms with Gasteiger partial charge in [-0.15, -0.1) is 11.8 Å². The summed E-state index contributed by atoms with van der Waals surface area (Å²) in [4.78, 5) is 15.7. The van der Waals surface area contributed by atoms with E-state index in [4.69, 9.17) is 9.47 Å². The average molecular weight is 507 g/mol. The van der Waals surface area contributed by atoms with E-state index < -0.39 is 16.1 Å². The van der Waals surface area contributed by atoms with Gasteiger partial charge < -0.3 is 14.4 Å². The number of ether oxygens (including phenoxy) is 2. The Kier molecular flexibility index (Phi) is 8.67. The minimum absolute atomic E-state index is 0.0732. The zero-order valence-electron chi connectivity index (χ0n) is 20.7. The molecule has 1 aliphatic heterocycles. The van der Waals surface area contributed by atoms with Crippen LogP contribution in [0.15, 0.2) is 40.1 Å². The number of hydrogen-bond acceptors (Lipinski definition) is 6. The molecule has 1 heterocycles. The monoisotopic (exact) mass is 506 g/mol. The first kappa shape index (κ1) is 26.5. The molecule has 1 fully saturated rings. The molecule has 34 heavy (non-hydrogen) atoms. The van der Waals surface area contributed by atoms with Crippen molar-refractivity contribution in [3.63, 3.8) is 0 Å². The van der Waals surface area contributed by atoms with Gasteiger partial charge in [0.05, 0.1) is 30.8 Å². The van der Waals surface area contributed by atoms with Crippen LogP contribution in [-0.2, 0) is 14.8 Å². The predicted molar refractivity (Wildman–Crippen MR) is 136 cm³/mol. The quantitative estimate of drug-likeness (QED) is 0.536. The van der Waals surface area contributed by atoms with E-state index in [1.54, 1.807) is 24.1 Å². The number of nitrogens with zero attached hydrogens (tertiary/aromatic N) is 1. The summed E-state index contributed by atoms with van der Waals surface area (Å²) in [7, 11) is -2.23. The van der Waals surface area contributed by atoms with Gasteiger partial charge in [-0.3, -0.25) is 4.79 Å². The highest BCUT2D eigenvalue weighted by atomic mass is 32.2. The maximum absolute atomic E-state index is 13.3. The highest BCUT2D eigenvalue weighted by molar-refractivity contribution is 7.98. The lowest BCUT2D eigenvalue weighted by Crippen LogP contribution is -2.41. The molecule has 9 heteroatoms. The first-order chi connectivity index (χ1) is 16.1. The molecule has 1 aliphatic rings. The van der Waals surface area contributed by atoms with Crippen LogP contribution in [0, 0.1) is 6.92 Å². The summed E-state index contributed by atoms with van der Waals surface area (Å²) in [6.45, 7) is 9.87. The van der Waals surface area contributed by atoms with Crippen LogP contribution in [0.5, 0.6) is 5.75 Å². The van der Waals surface area contributed by atoms with E-state index >= 15 is 0 Å². The largest absolute Gasteiger partial charge is 0.496 e. The van der Waals surface area contributed by atoms with Crippen molar-refractivity contribution in [2.45, 2.75) is 49.4 Å². The number of methoxy groups -OCH3 is 1. The van der Waals surface area contributed by atoms with Gasteiger partial charge in [-0.1, -0.05) is 13.8 Å². The fraction of sp³-hybridized carbons (Fsp3) is 0.480. The van der Waals surface area contributed by atoms with E-state index in [0.29, 0.717) is 31.9 Å². The van der Waals surface area contributed by atoms with Gasteiger partial charge in [0.1, 0.15) is 5.75 Å². The van der Waals surface area contributed by atoms with Crippen molar-refractivity contribution >= 4 is 27.7 Å². The molecule has 0 aromatic heterocycles. The Morgan fingerprint density at radius 2 is 1.79 bits per heavy atom. The van der Waals surface area contributed by atoms with Crippen LogP contribution in [0.2, 0.25) is 0 Å². The van der Waals surface area contributed by atoms with Crippen molar-refractivity contribution in [3.8, 4) is 5.75 Å². The first-order valence-corrected chi connectivity index (χ1v) is 14.1. The van der Waals surface area contributed by atoms with Gasteiger partial charge in [-0.25, -0.2) is 13.1 Å². The van der Waals surface area contributed by atoms with Crippen LogP contribution in [0.3, 0.4) is 0 Å². The van der Waals surface area contributed by atoms with Gasteiger partial charge in [0.2, 0.25) is 10.0 Å². The van der Waals surface area contributed by atoms with Crippen LogP contribution in [0.4, 0.5) is 0 Å². The van der Waals surface area contributed by atoms with Crippen molar-refractivity contribution in [2.75, 3.05) is 39.7 Å². The van der Waals surface area contributed by atoms with Crippen LogP contribution >= 0.6 is 11.8 Å². The standard InChI is InChI=1S/C25H34N2O5S2/c1-16(2)20-15-21(17(3)13-23(20)31-5)18(4)26-34(29,30)19-7-8-24(33-6)22(14-19)25(28)27-9-11-32-12-10-27/h7-8,13-16,18,26H,9-12H2,1-6H3/t18-/m0/s1. The third kappa shape index (κ3) is 5.76. The third-order valence-corrected chi connectivity index (χ3v) is 8.38. The van der Waals surface area contributed by atoms with Gasteiger partial charge in [-0.05, 0) is 73.0 Å². The van der Waals surface area contributed by atoms with E-state index in [2.05, 4.69) is 18.6 Å². The number of benzene rings is 2. The molecule has 3 rings (SSSR count). The number of hydrogen-bond donors (Lipinski definition) is 1. The molecule has 0 radical (unpaired) electrons. The molecule has 1 amide bonds. The fourth-order valence-electron chi connectivity index (χ4n) is 4.13. The van der Waals surface area contributed by atoms with Crippen LogP contribution < -0.4 is 9.46 Å². The van der Waals surface area contributed by atoms with E-state index in [-0.39, 0.29) is 16.7 Å². The molecule has 1 saturated heterocycles. The number of rotatable bonds is 8. The molecule has 2 aromatic carbocycles. The van der Waals surface area contributed by atoms with Crippen molar-refractivity contribution in [1.29, 1.82) is 0 Å². The van der Waals surface area contributed by atoms with Crippen LogP contribution in [0.1, 0.15) is 59.8 Å². The first-order valence-electron chi connectivity index (χ1n) is 11.3. The second-order valence-corrected chi connectivity index (χ2v) is 11.3. The van der Waals surface area contributed by atoms with Gasteiger partial charge in [-0.2, -0.15) is 0 Å². The number of carbonyl (C=O) groups excluding carboxylic acids is 1. The maximum Gasteiger partial charge on any atom is 0.255 e. The van der Waals surface area contributed by atoms with Gasteiger partial charge >= 0.3 is 0 Å². The summed E-state index contributed by atoms with van der Waals surface area (Å²) in [5.74, 6) is 0.849. The lowest BCUT2D eigenvalue weighted by atomic mass is 9.94. The fourth-order valence-corrected chi connectivity index (χ4v) is 5.95. The Labute approximate surface area is 207 Å². The third-order valence-electron chi connectivity index (χ3n) is 6.05. The predicted octanol–water partition coefficient (Wildman–Crippen LogP) is 4.36. The lowest BCUT2D eigenvalue weighted by molar-refractivity contribution is 0.0300. The summed E-state index contributed by atoms with van der Waals surface area (Å²) in [6.07, 6.45) is 1.87. The molecule has 0 spiro atoms. The van der Waals surface area contributed by atoms with E-state index in [1.165, 1.54) is 17.8 Å².